The molecule has 2 fully saturated rings. The standard InChI is InChI=1S/C18H27N3O.2ClH/c1-15-13-19-9-12-21(15)18(22)17-7-10-20(11-8-17)14-16-5-3-2-4-6-16;;/h2-6,15,17,19H,7-14H2,1H3;2*1H/t15-;;/m0../s1. The van der Waals surface area contributed by atoms with Crippen LogP contribution in [0.1, 0.15) is 25.3 Å². The molecule has 0 aromatic heterocycles. The second-order valence-corrected chi connectivity index (χ2v) is 6.62. The third-order valence-electron chi connectivity index (χ3n) is 4.97. The number of nitrogens with zero attached hydrogens (tertiary/aromatic N) is 2. The molecule has 0 aliphatic carbocycles. The molecule has 1 aromatic carbocycles. The highest BCUT2D eigenvalue weighted by Gasteiger charge is 2.31. The van der Waals surface area contributed by atoms with Crippen molar-refractivity contribution >= 4 is 30.7 Å². The van der Waals surface area contributed by atoms with Crippen molar-refractivity contribution in [3.8, 4) is 0 Å². The lowest BCUT2D eigenvalue weighted by molar-refractivity contribution is -0.140. The van der Waals surface area contributed by atoms with E-state index in [0.29, 0.717) is 11.9 Å². The molecule has 0 bridgehead atoms. The minimum absolute atomic E-state index is 0. The molecule has 1 atom stereocenters. The van der Waals surface area contributed by atoms with Gasteiger partial charge in [0.05, 0.1) is 0 Å². The van der Waals surface area contributed by atoms with Gasteiger partial charge >= 0.3 is 0 Å². The molecule has 136 valence electrons. The molecule has 1 amide bonds. The Morgan fingerprint density at radius 1 is 1.12 bits per heavy atom. The summed E-state index contributed by atoms with van der Waals surface area (Å²) in [5.41, 5.74) is 1.36. The van der Waals surface area contributed by atoms with Crippen LogP contribution in [0.4, 0.5) is 0 Å². The first-order valence-electron chi connectivity index (χ1n) is 8.51. The minimum atomic E-state index is 0. The first-order valence-corrected chi connectivity index (χ1v) is 8.51. The van der Waals surface area contributed by atoms with E-state index in [1.54, 1.807) is 0 Å². The highest BCUT2D eigenvalue weighted by atomic mass is 35.5. The Bertz CT molecular complexity index is 492. The van der Waals surface area contributed by atoms with Gasteiger partial charge in [0.15, 0.2) is 0 Å². The Balaban J connectivity index is 0.00000144. The Morgan fingerprint density at radius 2 is 1.79 bits per heavy atom. The van der Waals surface area contributed by atoms with Gasteiger partial charge in [-0.2, -0.15) is 0 Å². The summed E-state index contributed by atoms with van der Waals surface area (Å²) in [7, 11) is 0. The molecule has 2 aliphatic heterocycles. The van der Waals surface area contributed by atoms with Crippen molar-refractivity contribution in [2.45, 2.75) is 32.4 Å². The molecule has 3 rings (SSSR count). The maximum atomic E-state index is 12.7. The molecule has 0 radical (unpaired) electrons. The molecule has 24 heavy (non-hydrogen) atoms. The van der Waals surface area contributed by atoms with E-state index in [2.05, 4.69) is 52.4 Å². The van der Waals surface area contributed by atoms with E-state index in [4.69, 9.17) is 0 Å². The number of halogens is 2. The summed E-state index contributed by atoms with van der Waals surface area (Å²) in [5, 5.41) is 3.35. The van der Waals surface area contributed by atoms with Crippen LogP contribution < -0.4 is 5.32 Å². The summed E-state index contributed by atoms with van der Waals surface area (Å²) < 4.78 is 0. The molecule has 0 spiro atoms. The number of hydrogen-bond donors (Lipinski definition) is 1. The van der Waals surface area contributed by atoms with Gasteiger partial charge in [0, 0.05) is 38.1 Å². The lowest BCUT2D eigenvalue weighted by Gasteiger charge is -2.39. The van der Waals surface area contributed by atoms with E-state index in [9.17, 15) is 4.79 Å². The lowest BCUT2D eigenvalue weighted by Crippen LogP contribution is -2.54. The number of piperidine rings is 1. The fourth-order valence-corrected chi connectivity index (χ4v) is 3.58. The average Bonchev–Trinajstić information content (AvgIpc) is 2.56. The molecule has 4 nitrogen and oxygen atoms in total. The average molecular weight is 374 g/mol. The highest BCUT2D eigenvalue weighted by molar-refractivity contribution is 5.85. The number of nitrogens with one attached hydrogen (secondary N) is 1. The molecule has 0 unspecified atom stereocenters. The Hall–Kier alpha value is -0.810. The van der Waals surface area contributed by atoms with Crippen molar-refractivity contribution in [3.05, 3.63) is 35.9 Å². The van der Waals surface area contributed by atoms with Gasteiger partial charge in [0.1, 0.15) is 0 Å². The number of benzene rings is 1. The SMILES string of the molecule is C[C@H]1CNCCN1C(=O)C1CCN(Cc2ccccc2)CC1.Cl.Cl. The van der Waals surface area contributed by atoms with E-state index < -0.39 is 0 Å². The van der Waals surface area contributed by atoms with Crippen LogP contribution in [-0.2, 0) is 11.3 Å². The van der Waals surface area contributed by atoms with Gasteiger partial charge in [-0.05, 0) is 38.4 Å². The van der Waals surface area contributed by atoms with Crippen molar-refractivity contribution in [1.29, 1.82) is 0 Å². The van der Waals surface area contributed by atoms with Crippen molar-refractivity contribution in [1.82, 2.24) is 15.1 Å². The summed E-state index contributed by atoms with van der Waals surface area (Å²) in [5.74, 6) is 0.612. The number of carbonyl (C=O) groups is 1. The number of piperazine rings is 1. The Kier molecular flexibility index (Phi) is 9.06. The molecule has 0 saturated carbocycles. The topological polar surface area (TPSA) is 35.6 Å². The smallest absolute Gasteiger partial charge is 0.226 e. The van der Waals surface area contributed by atoms with Gasteiger partial charge in [-0.3, -0.25) is 9.69 Å². The van der Waals surface area contributed by atoms with Crippen LogP contribution in [0.3, 0.4) is 0 Å². The van der Waals surface area contributed by atoms with Crippen LogP contribution in [0.15, 0.2) is 30.3 Å². The zero-order valence-corrected chi connectivity index (χ0v) is 16.0. The van der Waals surface area contributed by atoms with Crippen LogP contribution in [0.5, 0.6) is 0 Å². The normalized spacial score (nSPS) is 22.4. The van der Waals surface area contributed by atoms with Gasteiger partial charge < -0.3 is 10.2 Å². The third-order valence-corrected chi connectivity index (χ3v) is 4.97. The summed E-state index contributed by atoms with van der Waals surface area (Å²) in [4.78, 5) is 17.3. The first kappa shape index (κ1) is 21.2. The minimum Gasteiger partial charge on any atom is -0.337 e. The van der Waals surface area contributed by atoms with Crippen molar-refractivity contribution in [3.63, 3.8) is 0 Å². The highest BCUT2D eigenvalue weighted by Crippen LogP contribution is 2.22. The van der Waals surface area contributed by atoms with Gasteiger partial charge in [-0.1, -0.05) is 30.3 Å². The van der Waals surface area contributed by atoms with Gasteiger partial charge in [-0.15, -0.1) is 24.8 Å². The largest absolute Gasteiger partial charge is 0.337 e. The molecule has 2 aliphatic rings. The summed E-state index contributed by atoms with van der Waals surface area (Å²) in [6.45, 7) is 7.95. The van der Waals surface area contributed by atoms with Crippen molar-refractivity contribution < 1.29 is 4.79 Å². The number of carbonyl (C=O) groups excluding carboxylic acids is 1. The second-order valence-electron chi connectivity index (χ2n) is 6.62. The molecule has 6 heteroatoms. The molecule has 1 aromatic rings. The zero-order chi connectivity index (χ0) is 15.4. The first-order chi connectivity index (χ1) is 10.7. The lowest BCUT2D eigenvalue weighted by atomic mass is 9.94. The molecule has 2 heterocycles. The molecular weight excluding hydrogens is 345 g/mol. The molecular formula is C18H29Cl2N3O. The number of rotatable bonds is 3. The summed E-state index contributed by atoms with van der Waals surface area (Å²) in [6.07, 6.45) is 2.00. The van der Waals surface area contributed by atoms with E-state index >= 15 is 0 Å². The number of likely N-dealkylation sites (tertiary alicyclic amines) is 1. The van der Waals surface area contributed by atoms with Gasteiger partial charge in [-0.25, -0.2) is 0 Å². The van der Waals surface area contributed by atoms with Crippen LogP contribution in [0.2, 0.25) is 0 Å². The van der Waals surface area contributed by atoms with Gasteiger partial charge in [0.2, 0.25) is 5.91 Å². The van der Waals surface area contributed by atoms with E-state index in [1.807, 2.05) is 0 Å². The summed E-state index contributed by atoms with van der Waals surface area (Å²) >= 11 is 0. The zero-order valence-electron chi connectivity index (χ0n) is 14.3. The van der Waals surface area contributed by atoms with Crippen LogP contribution in [0, 0.1) is 5.92 Å². The molecule has 2 saturated heterocycles. The maximum absolute atomic E-state index is 12.7. The monoisotopic (exact) mass is 373 g/mol. The van der Waals surface area contributed by atoms with Crippen LogP contribution >= 0.6 is 24.8 Å². The van der Waals surface area contributed by atoms with E-state index in [0.717, 1.165) is 52.1 Å². The summed E-state index contributed by atoms with van der Waals surface area (Å²) in [6, 6.07) is 10.9. The Labute approximate surface area is 157 Å². The van der Waals surface area contributed by atoms with Crippen LogP contribution in [0.25, 0.3) is 0 Å². The fourth-order valence-electron chi connectivity index (χ4n) is 3.58. The molecule has 1 N–H and O–H groups in total. The number of amides is 1. The van der Waals surface area contributed by atoms with Crippen molar-refractivity contribution in [2.75, 3.05) is 32.7 Å². The maximum Gasteiger partial charge on any atom is 0.226 e. The number of hydrogen-bond acceptors (Lipinski definition) is 3. The van der Waals surface area contributed by atoms with Crippen LogP contribution in [-0.4, -0.2) is 54.5 Å². The fraction of sp³-hybridized carbons (Fsp3) is 0.611. The third kappa shape index (κ3) is 5.35. The van der Waals surface area contributed by atoms with E-state index in [-0.39, 0.29) is 30.7 Å². The quantitative estimate of drug-likeness (QED) is 0.884. The predicted molar refractivity (Wildman–Crippen MR) is 103 cm³/mol. The second kappa shape index (κ2) is 10.2. The Morgan fingerprint density at radius 3 is 2.42 bits per heavy atom. The van der Waals surface area contributed by atoms with Gasteiger partial charge in [0.25, 0.3) is 0 Å². The predicted octanol–water partition coefficient (Wildman–Crippen LogP) is 2.56. The van der Waals surface area contributed by atoms with Crippen molar-refractivity contribution in [2.24, 2.45) is 5.92 Å². The van der Waals surface area contributed by atoms with E-state index in [1.165, 1.54) is 5.56 Å².